The summed E-state index contributed by atoms with van der Waals surface area (Å²) in [7, 11) is 0. The molecule has 0 radical (unpaired) electrons. The molecule has 0 saturated carbocycles. The fraction of sp³-hybridized carbons (Fsp3) is 0.857. The normalized spacial score (nSPS) is 17.5. The van der Waals surface area contributed by atoms with Crippen LogP contribution in [0.4, 0.5) is 0 Å². The minimum Gasteiger partial charge on any atom is -0.465 e. The van der Waals surface area contributed by atoms with Crippen LogP contribution in [0.5, 0.6) is 0 Å². The Bertz CT molecular complexity index is 216. The lowest BCUT2D eigenvalue weighted by atomic mass is 10.2. The van der Waals surface area contributed by atoms with Gasteiger partial charge in [0, 0.05) is 6.16 Å². The molecule has 0 aromatic rings. The van der Waals surface area contributed by atoms with Crippen LogP contribution < -0.4 is 5.73 Å². The predicted octanol–water partition coefficient (Wildman–Crippen LogP) is 0.283. The standard InChI is InChI=1S/C7H16NO3PS/c1-3-11-7(9)6(8)4-5-12(2,10)13/h6H,3-5,8H2,1-2H3,(H,10,13). The first-order valence-corrected chi connectivity index (χ1v) is 7.47. The van der Waals surface area contributed by atoms with E-state index in [1.807, 2.05) is 0 Å². The third-order valence-corrected chi connectivity index (χ3v) is 3.08. The van der Waals surface area contributed by atoms with Crippen LogP contribution in [-0.2, 0) is 21.3 Å². The minimum atomic E-state index is -2.23. The van der Waals surface area contributed by atoms with Crippen LogP contribution in [0, 0.1) is 0 Å². The van der Waals surface area contributed by atoms with E-state index in [4.69, 9.17) is 22.3 Å². The molecular weight excluding hydrogens is 209 g/mol. The molecule has 0 bridgehead atoms. The molecule has 0 fully saturated rings. The van der Waals surface area contributed by atoms with Crippen molar-refractivity contribution in [3.63, 3.8) is 0 Å². The van der Waals surface area contributed by atoms with E-state index in [1.54, 1.807) is 13.6 Å². The van der Waals surface area contributed by atoms with Crippen molar-refractivity contribution in [2.45, 2.75) is 19.4 Å². The maximum Gasteiger partial charge on any atom is 0.322 e. The lowest BCUT2D eigenvalue weighted by Crippen LogP contribution is -2.33. The summed E-state index contributed by atoms with van der Waals surface area (Å²) in [5.74, 6) is -0.425. The molecule has 6 heteroatoms. The summed E-state index contributed by atoms with van der Waals surface area (Å²) in [6.07, 6.45) is -1.42. The maximum absolute atomic E-state index is 11.0. The second kappa shape index (κ2) is 5.70. The smallest absolute Gasteiger partial charge is 0.322 e. The summed E-state index contributed by atoms with van der Waals surface area (Å²) >= 11 is 4.81. The SMILES string of the molecule is CCOC(=O)C(N)CCP(C)(O)=S. The number of carbonyl (C=O) groups is 1. The van der Waals surface area contributed by atoms with Gasteiger partial charge < -0.3 is 15.4 Å². The molecule has 0 saturated heterocycles. The van der Waals surface area contributed by atoms with Gasteiger partial charge in [-0.15, -0.1) is 0 Å². The van der Waals surface area contributed by atoms with Crippen LogP contribution in [0.3, 0.4) is 0 Å². The van der Waals surface area contributed by atoms with Gasteiger partial charge in [0.1, 0.15) is 6.04 Å². The Kier molecular flexibility index (Phi) is 5.72. The summed E-state index contributed by atoms with van der Waals surface area (Å²) in [6.45, 7) is 3.66. The second-order valence-electron chi connectivity index (χ2n) is 2.92. The molecule has 13 heavy (non-hydrogen) atoms. The first-order valence-electron chi connectivity index (χ1n) is 4.08. The number of carbonyl (C=O) groups excluding carboxylic acids is 1. The van der Waals surface area contributed by atoms with Gasteiger partial charge in [-0.25, -0.2) is 0 Å². The van der Waals surface area contributed by atoms with Gasteiger partial charge in [-0.1, -0.05) is 11.8 Å². The second-order valence-corrected chi connectivity index (χ2v) is 7.83. The van der Waals surface area contributed by atoms with E-state index >= 15 is 0 Å². The number of hydrogen-bond donors (Lipinski definition) is 2. The van der Waals surface area contributed by atoms with Crippen LogP contribution in [0.25, 0.3) is 0 Å². The highest BCUT2D eigenvalue weighted by Gasteiger charge is 2.16. The van der Waals surface area contributed by atoms with E-state index in [0.29, 0.717) is 19.2 Å². The molecule has 0 heterocycles. The molecule has 0 spiro atoms. The van der Waals surface area contributed by atoms with Gasteiger partial charge in [0.05, 0.1) is 12.9 Å². The lowest BCUT2D eigenvalue weighted by Gasteiger charge is -2.13. The number of nitrogens with two attached hydrogens (primary N) is 1. The van der Waals surface area contributed by atoms with Crippen molar-refractivity contribution in [2.24, 2.45) is 5.73 Å². The number of rotatable bonds is 5. The summed E-state index contributed by atoms with van der Waals surface area (Å²) in [5, 5.41) is 0. The Labute approximate surface area is 83.5 Å². The van der Waals surface area contributed by atoms with Gasteiger partial charge in [-0.2, -0.15) is 0 Å². The molecule has 0 rings (SSSR count). The summed E-state index contributed by atoms with van der Waals surface area (Å²) in [4.78, 5) is 20.3. The van der Waals surface area contributed by atoms with E-state index < -0.39 is 18.3 Å². The molecule has 0 aromatic heterocycles. The molecule has 3 N–H and O–H groups in total. The average Bonchev–Trinajstić information content (AvgIpc) is 1.99. The fourth-order valence-electron chi connectivity index (χ4n) is 0.746. The van der Waals surface area contributed by atoms with E-state index in [9.17, 15) is 9.69 Å². The van der Waals surface area contributed by atoms with E-state index in [1.165, 1.54) is 0 Å². The minimum absolute atomic E-state index is 0.325. The lowest BCUT2D eigenvalue weighted by molar-refractivity contribution is -0.144. The van der Waals surface area contributed by atoms with Crippen molar-refractivity contribution in [1.82, 2.24) is 0 Å². The summed E-state index contributed by atoms with van der Waals surface area (Å²) < 4.78 is 4.70. The topological polar surface area (TPSA) is 72.5 Å². The summed E-state index contributed by atoms with van der Waals surface area (Å²) in [5.41, 5.74) is 5.50. The molecule has 0 amide bonds. The Morgan fingerprint density at radius 2 is 2.31 bits per heavy atom. The van der Waals surface area contributed by atoms with Gasteiger partial charge in [-0.3, -0.25) is 4.79 Å². The molecule has 2 atom stereocenters. The molecule has 0 aromatic carbocycles. The number of esters is 1. The van der Waals surface area contributed by atoms with Gasteiger partial charge in [0.2, 0.25) is 0 Å². The van der Waals surface area contributed by atoms with Crippen molar-refractivity contribution in [1.29, 1.82) is 0 Å². The fourth-order valence-corrected chi connectivity index (χ4v) is 1.82. The third-order valence-electron chi connectivity index (χ3n) is 1.44. The highest BCUT2D eigenvalue weighted by molar-refractivity contribution is 8.11. The molecule has 2 unspecified atom stereocenters. The zero-order valence-electron chi connectivity index (χ0n) is 7.90. The van der Waals surface area contributed by atoms with Crippen molar-refractivity contribution in [3.8, 4) is 0 Å². The molecule has 0 aliphatic carbocycles. The largest absolute Gasteiger partial charge is 0.465 e. The highest BCUT2D eigenvalue weighted by atomic mass is 32.4. The van der Waals surface area contributed by atoms with Crippen molar-refractivity contribution in [3.05, 3.63) is 0 Å². The van der Waals surface area contributed by atoms with Crippen molar-refractivity contribution in [2.75, 3.05) is 19.4 Å². The van der Waals surface area contributed by atoms with Crippen molar-refractivity contribution >= 4 is 24.0 Å². The van der Waals surface area contributed by atoms with Gasteiger partial charge in [-0.05, 0) is 20.0 Å². The number of ether oxygens (including phenoxy) is 1. The van der Waals surface area contributed by atoms with Crippen LogP contribution in [0.1, 0.15) is 13.3 Å². The molecule has 4 nitrogen and oxygen atoms in total. The van der Waals surface area contributed by atoms with Crippen molar-refractivity contribution < 1.29 is 14.4 Å². The van der Waals surface area contributed by atoms with E-state index in [0.717, 1.165) is 0 Å². The Morgan fingerprint density at radius 1 is 1.77 bits per heavy atom. The molecule has 0 aliphatic heterocycles. The number of hydrogen-bond acceptors (Lipinski definition) is 4. The molecule has 0 aliphatic rings. The van der Waals surface area contributed by atoms with Gasteiger partial charge in [0.25, 0.3) is 0 Å². The van der Waals surface area contributed by atoms with E-state index in [-0.39, 0.29) is 0 Å². The Balaban J connectivity index is 3.81. The van der Waals surface area contributed by atoms with E-state index in [2.05, 4.69) is 0 Å². The maximum atomic E-state index is 11.0. The first kappa shape index (κ1) is 13.0. The van der Waals surface area contributed by atoms with Crippen LogP contribution in [0.15, 0.2) is 0 Å². The van der Waals surface area contributed by atoms with Gasteiger partial charge >= 0.3 is 5.97 Å². The molecule has 78 valence electrons. The predicted molar refractivity (Wildman–Crippen MR) is 56.5 cm³/mol. The zero-order valence-corrected chi connectivity index (χ0v) is 9.61. The van der Waals surface area contributed by atoms with Crippen LogP contribution in [0.2, 0.25) is 0 Å². The molecular formula is C7H16NO3PS. The third kappa shape index (κ3) is 7.14. The Hall–Kier alpha value is 0.0400. The van der Waals surface area contributed by atoms with Crippen LogP contribution >= 0.6 is 6.26 Å². The monoisotopic (exact) mass is 225 g/mol. The van der Waals surface area contributed by atoms with Gasteiger partial charge in [0.15, 0.2) is 0 Å². The Morgan fingerprint density at radius 3 is 2.69 bits per heavy atom. The summed E-state index contributed by atoms with van der Waals surface area (Å²) in [6, 6.07) is -0.658. The average molecular weight is 225 g/mol. The highest BCUT2D eigenvalue weighted by Crippen LogP contribution is 2.36. The quantitative estimate of drug-likeness (QED) is 0.519. The zero-order chi connectivity index (χ0) is 10.5. The first-order chi connectivity index (χ1) is 5.87. The van der Waals surface area contributed by atoms with Crippen LogP contribution in [-0.4, -0.2) is 36.3 Å².